The monoisotopic (exact) mass is 287 g/mol. The van der Waals surface area contributed by atoms with Crippen LogP contribution in [0.1, 0.15) is 6.92 Å². The molecule has 7 heteroatoms. The van der Waals surface area contributed by atoms with Crippen molar-refractivity contribution in [3.05, 3.63) is 18.2 Å². The lowest BCUT2D eigenvalue weighted by atomic mass is 10.2. The van der Waals surface area contributed by atoms with Crippen LogP contribution in [0.5, 0.6) is 0 Å². The van der Waals surface area contributed by atoms with E-state index in [-0.39, 0.29) is 10.6 Å². The standard InChI is InChI=1S/C11H17N3O2S2/c1-8-7-14(5-6-17-8)9-3-2-4-10(11(9)12)18(13,15)16/h2-4,8H,5-7,12H2,1H3,(H2,13,15,16). The Balaban J connectivity index is 2.40. The van der Waals surface area contributed by atoms with Crippen LogP contribution in [0.4, 0.5) is 11.4 Å². The molecule has 5 nitrogen and oxygen atoms in total. The third-order valence-corrected chi connectivity index (χ3v) is 5.04. The summed E-state index contributed by atoms with van der Waals surface area (Å²) in [6, 6.07) is 4.96. The van der Waals surface area contributed by atoms with Gasteiger partial charge in [0.05, 0.1) is 11.4 Å². The highest BCUT2D eigenvalue weighted by molar-refractivity contribution is 8.00. The summed E-state index contributed by atoms with van der Waals surface area (Å²) >= 11 is 1.91. The number of benzene rings is 1. The van der Waals surface area contributed by atoms with E-state index in [1.165, 1.54) is 6.07 Å². The SMILES string of the molecule is CC1CN(c2cccc(S(N)(=O)=O)c2N)CCS1. The Kier molecular flexibility index (Phi) is 3.74. The number of thioether (sulfide) groups is 1. The normalized spacial score (nSPS) is 21.0. The van der Waals surface area contributed by atoms with Gasteiger partial charge in [-0.15, -0.1) is 0 Å². The zero-order chi connectivity index (χ0) is 13.3. The lowest BCUT2D eigenvalue weighted by Crippen LogP contribution is -2.37. The van der Waals surface area contributed by atoms with E-state index in [0.717, 1.165) is 24.5 Å². The molecule has 0 radical (unpaired) electrons. The Morgan fingerprint density at radius 1 is 1.44 bits per heavy atom. The number of nitrogens with zero attached hydrogens (tertiary/aromatic N) is 1. The predicted octanol–water partition coefficient (Wildman–Crippen LogP) is 0.858. The van der Waals surface area contributed by atoms with E-state index in [4.69, 9.17) is 10.9 Å². The number of nitrogen functional groups attached to an aromatic ring is 1. The maximum Gasteiger partial charge on any atom is 0.240 e. The molecular weight excluding hydrogens is 270 g/mol. The molecule has 100 valence electrons. The summed E-state index contributed by atoms with van der Waals surface area (Å²) in [6.45, 7) is 3.88. The first kappa shape index (κ1) is 13.5. The third-order valence-electron chi connectivity index (χ3n) is 2.93. The van der Waals surface area contributed by atoms with Gasteiger partial charge in [0.1, 0.15) is 4.90 Å². The average Bonchev–Trinajstić information content (AvgIpc) is 2.27. The molecule has 1 atom stereocenters. The van der Waals surface area contributed by atoms with Crippen molar-refractivity contribution >= 4 is 33.2 Å². The van der Waals surface area contributed by atoms with Crippen molar-refractivity contribution < 1.29 is 8.42 Å². The quantitative estimate of drug-likeness (QED) is 0.787. The van der Waals surface area contributed by atoms with Crippen LogP contribution in [0.15, 0.2) is 23.1 Å². The summed E-state index contributed by atoms with van der Waals surface area (Å²) in [6.07, 6.45) is 0. The van der Waals surface area contributed by atoms with Gasteiger partial charge in [0.15, 0.2) is 0 Å². The lowest BCUT2D eigenvalue weighted by molar-refractivity contribution is 0.598. The van der Waals surface area contributed by atoms with Gasteiger partial charge in [-0.3, -0.25) is 0 Å². The molecule has 1 saturated heterocycles. The van der Waals surface area contributed by atoms with Crippen LogP contribution in [0.3, 0.4) is 0 Å². The van der Waals surface area contributed by atoms with Crippen LogP contribution in [-0.4, -0.2) is 32.5 Å². The molecular formula is C11H17N3O2S2. The molecule has 0 aliphatic carbocycles. The van der Waals surface area contributed by atoms with Crippen molar-refractivity contribution in [2.45, 2.75) is 17.1 Å². The highest BCUT2D eigenvalue weighted by Crippen LogP contribution is 2.32. The minimum atomic E-state index is -3.77. The van der Waals surface area contributed by atoms with Crippen molar-refractivity contribution in [3.63, 3.8) is 0 Å². The summed E-state index contributed by atoms with van der Waals surface area (Å²) in [5.74, 6) is 1.01. The summed E-state index contributed by atoms with van der Waals surface area (Å²) in [5, 5.41) is 5.66. The van der Waals surface area contributed by atoms with Crippen molar-refractivity contribution in [2.75, 3.05) is 29.5 Å². The molecule has 1 aliphatic rings. The van der Waals surface area contributed by atoms with Gasteiger partial charge in [0.2, 0.25) is 10.0 Å². The number of rotatable bonds is 2. The zero-order valence-corrected chi connectivity index (χ0v) is 11.8. The topological polar surface area (TPSA) is 89.4 Å². The van der Waals surface area contributed by atoms with Crippen molar-refractivity contribution in [1.82, 2.24) is 0 Å². The van der Waals surface area contributed by atoms with E-state index in [0.29, 0.717) is 5.25 Å². The Morgan fingerprint density at radius 2 is 2.17 bits per heavy atom. The van der Waals surface area contributed by atoms with Gasteiger partial charge in [-0.1, -0.05) is 13.0 Å². The highest BCUT2D eigenvalue weighted by atomic mass is 32.2. The first-order valence-corrected chi connectivity index (χ1v) is 8.27. The number of nitrogens with two attached hydrogens (primary N) is 2. The predicted molar refractivity (Wildman–Crippen MR) is 76.4 cm³/mol. The molecule has 0 amide bonds. The van der Waals surface area contributed by atoms with Gasteiger partial charge < -0.3 is 10.6 Å². The van der Waals surface area contributed by atoms with Crippen LogP contribution in [-0.2, 0) is 10.0 Å². The molecule has 1 unspecified atom stereocenters. The second-order valence-electron chi connectivity index (χ2n) is 4.36. The van der Waals surface area contributed by atoms with Crippen molar-refractivity contribution in [3.8, 4) is 0 Å². The minimum Gasteiger partial charge on any atom is -0.396 e. The van der Waals surface area contributed by atoms with E-state index in [1.807, 2.05) is 17.8 Å². The van der Waals surface area contributed by atoms with Gasteiger partial charge in [0.25, 0.3) is 0 Å². The molecule has 0 aromatic heterocycles. The fraction of sp³-hybridized carbons (Fsp3) is 0.455. The molecule has 2 rings (SSSR count). The smallest absolute Gasteiger partial charge is 0.240 e. The first-order valence-electron chi connectivity index (χ1n) is 5.67. The van der Waals surface area contributed by atoms with Crippen LogP contribution in [0.2, 0.25) is 0 Å². The van der Waals surface area contributed by atoms with Crippen molar-refractivity contribution in [2.24, 2.45) is 5.14 Å². The number of hydrogen-bond donors (Lipinski definition) is 2. The Hall–Kier alpha value is -0.920. The highest BCUT2D eigenvalue weighted by Gasteiger charge is 2.22. The Bertz CT molecular complexity index is 545. The van der Waals surface area contributed by atoms with Gasteiger partial charge in [-0.2, -0.15) is 11.8 Å². The molecule has 1 aromatic rings. The number of para-hydroxylation sites is 1. The minimum absolute atomic E-state index is 0.00544. The Morgan fingerprint density at radius 3 is 2.78 bits per heavy atom. The van der Waals surface area contributed by atoms with Gasteiger partial charge in [-0.25, -0.2) is 13.6 Å². The fourth-order valence-corrected chi connectivity index (χ4v) is 3.79. The molecule has 1 aromatic carbocycles. The summed E-state index contributed by atoms with van der Waals surface area (Å²) in [5.41, 5.74) is 6.95. The summed E-state index contributed by atoms with van der Waals surface area (Å²) in [7, 11) is -3.77. The summed E-state index contributed by atoms with van der Waals surface area (Å²) in [4.78, 5) is 2.12. The van der Waals surface area contributed by atoms with E-state index in [9.17, 15) is 8.42 Å². The summed E-state index contributed by atoms with van der Waals surface area (Å²) < 4.78 is 22.9. The van der Waals surface area contributed by atoms with Crippen LogP contribution in [0, 0.1) is 0 Å². The molecule has 0 saturated carbocycles. The van der Waals surface area contributed by atoms with Gasteiger partial charge in [0, 0.05) is 24.1 Å². The maximum absolute atomic E-state index is 11.4. The van der Waals surface area contributed by atoms with Crippen LogP contribution in [0.25, 0.3) is 0 Å². The zero-order valence-electron chi connectivity index (χ0n) is 10.2. The molecule has 1 aliphatic heterocycles. The molecule has 1 heterocycles. The maximum atomic E-state index is 11.4. The molecule has 0 bridgehead atoms. The fourth-order valence-electron chi connectivity index (χ4n) is 2.09. The third kappa shape index (κ3) is 2.73. The molecule has 0 spiro atoms. The van der Waals surface area contributed by atoms with E-state index in [2.05, 4.69) is 11.8 Å². The first-order chi connectivity index (χ1) is 8.39. The molecule has 1 fully saturated rings. The van der Waals surface area contributed by atoms with E-state index in [1.54, 1.807) is 6.07 Å². The average molecular weight is 287 g/mol. The number of hydrogen-bond acceptors (Lipinski definition) is 5. The molecule has 4 N–H and O–H groups in total. The number of primary sulfonamides is 1. The van der Waals surface area contributed by atoms with Crippen LogP contribution >= 0.6 is 11.8 Å². The van der Waals surface area contributed by atoms with E-state index >= 15 is 0 Å². The Labute approximate surface area is 112 Å². The lowest BCUT2D eigenvalue weighted by Gasteiger charge is -2.33. The molecule has 18 heavy (non-hydrogen) atoms. The number of sulfonamides is 1. The number of anilines is 2. The second-order valence-corrected chi connectivity index (χ2v) is 7.44. The van der Waals surface area contributed by atoms with E-state index < -0.39 is 10.0 Å². The van der Waals surface area contributed by atoms with Gasteiger partial charge >= 0.3 is 0 Å². The van der Waals surface area contributed by atoms with Crippen LogP contribution < -0.4 is 15.8 Å². The van der Waals surface area contributed by atoms with Crippen molar-refractivity contribution in [1.29, 1.82) is 0 Å². The largest absolute Gasteiger partial charge is 0.396 e. The second kappa shape index (κ2) is 4.99. The van der Waals surface area contributed by atoms with Gasteiger partial charge in [-0.05, 0) is 12.1 Å².